The summed E-state index contributed by atoms with van der Waals surface area (Å²) in [6.07, 6.45) is 0. The number of aryl methyl sites for hydroxylation is 2. The van der Waals surface area contributed by atoms with Crippen molar-refractivity contribution in [3.8, 4) is 11.5 Å². The largest absolute Gasteiger partial charge is 0.454 e. The summed E-state index contributed by atoms with van der Waals surface area (Å²) in [6, 6.07) is 11.1. The van der Waals surface area contributed by atoms with Crippen LogP contribution in [0.2, 0.25) is 0 Å². The van der Waals surface area contributed by atoms with E-state index < -0.39 is 0 Å². The highest BCUT2D eigenvalue weighted by molar-refractivity contribution is 5.40. The van der Waals surface area contributed by atoms with Gasteiger partial charge in [-0.1, -0.05) is 30.7 Å². The third-order valence-corrected chi connectivity index (χ3v) is 3.52. The van der Waals surface area contributed by atoms with Crippen LogP contribution in [0.25, 0.3) is 0 Å². The Kier molecular flexibility index (Phi) is 4.97. The molecule has 0 heterocycles. The minimum absolute atomic E-state index is 0.125. The highest BCUT2D eigenvalue weighted by Gasteiger charge is 2.11. The Labute approximate surface area is 126 Å². The van der Waals surface area contributed by atoms with E-state index in [9.17, 15) is 4.39 Å². The normalized spacial score (nSPS) is 12.2. The summed E-state index contributed by atoms with van der Waals surface area (Å²) < 4.78 is 19.9. The summed E-state index contributed by atoms with van der Waals surface area (Å²) in [5.41, 5.74) is 3.08. The van der Waals surface area contributed by atoms with Gasteiger partial charge in [-0.15, -0.1) is 0 Å². The van der Waals surface area contributed by atoms with E-state index in [0.717, 1.165) is 23.2 Å². The van der Waals surface area contributed by atoms with Crippen LogP contribution < -0.4 is 10.1 Å². The van der Waals surface area contributed by atoms with E-state index in [1.165, 1.54) is 6.07 Å². The molecule has 2 aromatic rings. The van der Waals surface area contributed by atoms with Gasteiger partial charge in [0, 0.05) is 6.04 Å². The number of hydrogen-bond donors (Lipinski definition) is 1. The van der Waals surface area contributed by atoms with Gasteiger partial charge in [0.2, 0.25) is 0 Å². The van der Waals surface area contributed by atoms with Crippen LogP contribution in [0.1, 0.15) is 36.6 Å². The van der Waals surface area contributed by atoms with Gasteiger partial charge in [0.1, 0.15) is 5.75 Å². The molecule has 2 aromatic carbocycles. The second-order valence-corrected chi connectivity index (χ2v) is 5.34. The summed E-state index contributed by atoms with van der Waals surface area (Å²) >= 11 is 0. The summed E-state index contributed by atoms with van der Waals surface area (Å²) in [4.78, 5) is 0. The van der Waals surface area contributed by atoms with Gasteiger partial charge in [-0.2, -0.15) is 0 Å². The first kappa shape index (κ1) is 15.5. The first-order valence-electron chi connectivity index (χ1n) is 7.29. The van der Waals surface area contributed by atoms with Crippen LogP contribution in [-0.2, 0) is 0 Å². The predicted molar refractivity (Wildman–Crippen MR) is 84.5 cm³/mol. The number of hydrogen-bond acceptors (Lipinski definition) is 2. The molecule has 1 N–H and O–H groups in total. The zero-order valence-electron chi connectivity index (χ0n) is 13.0. The molecule has 0 radical (unpaired) electrons. The molecule has 0 fully saturated rings. The van der Waals surface area contributed by atoms with Crippen LogP contribution in [0, 0.1) is 19.7 Å². The molecular weight excluding hydrogens is 265 g/mol. The van der Waals surface area contributed by atoms with Crippen LogP contribution in [-0.4, -0.2) is 6.54 Å². The van der Waals surface area contributed by atoms with Crippen LogP contribution in [0.4, 0.5) is 4.39 Å². The fourth-order valence-electron chi connectivity index (χ4n) is 2.33. The lowest BCUT2D eigenvalue weighted by Crippen LogP contribution is -2.17. The molecule has 0 aliphatic rings. The Balaban J connectivity index is 2.21. The molecule has 2 nitrogen and oxygen atoms in total. The average Bonchev–Trinajstić information content (AvgIpc) is 2.44. The zero-order valence-corrected chi connectivity index (χ0v) is 13.0. The van der Waals surface area contributed by atoms with Crippen molar-refractivity contribution < 1.29 is 9.13 Å². The first-order chi connectivity index (χ1) is 10.0. The lowest BCUT2D eigenvalue weighted by molar-refractivity contribution is 0.437. The maximum atomic E-state index is 14.2. The summed E-state index contributed by atoms with van der Waals surface area (Å²) in [5, 5.41) is 3.27. The minimum atomic E-state index is -0.336. The Hall–Kier alpha value is -1.87. The van der Waals surface area contributed by atoms with Crippen molar-refractivity contribution in [2.45, 2.75) is 33.7 Å². The summed E-state index contributed by atoms with van der Waals surface area (Å²) in [7, 11) is 0. The maximum absolute atomic E-state index is 14.2. The molecule has 2 rings (SSSR count). The topological polar surface area (TPSA) is 21.3 Å². The van der Waals surface area contributed by atoms with Crippen molar-refractivity contribution >= 4 is 0 Å². The number of benzene rings is 2. The molecule has 0 aliphatic carbocycles. The fourth-order valence-corrected chi connectivity index (χ4v) is 2.33. The Bertz CT molecular complexity index is 625. The number of halogens is 1. The van der Waals surface area contributed by atoms with Gasteiger partial charge < -0.3 is 10.1 Å². The highest BCUT2D eigenvalue weighted by Crippen LogP contribution is 2.29. The third kappa shape index (κ3) is 3.82. The van der Waals surface area contributed by atoms with E-state index in [1.807, 2.05) is 52.0 Å². The van der Waals surface area contributed by atoms with Gasteiger partial charge in [0.15, 0.2) is 11.6 Å². The molecule has 0 bridgehead atoms. The van der Waals surface area contributed by atoms with Crippen molar-refractivity contribution in [2.24, 2.45) is 0 Å². The van der Waals surface area contributed by atoms with Gasteiger partial charge in [-0.3, -0.25) is 0 Å². The Morgan fingerprint density at radius 3 is 2.43 bits per heavy atom. The number of nitrogens with one attached hydrogen (secondary N) is 1. The van der Waals surface area contributed by atoms with E-state index in [2.05, 4.69) is 5.32 Å². The molecule has 1 atom stereocenters. The highest BCUT2D eigenvalue weighted by atomic mass is 19.1. The second kappa shape index (κ2) is 6.72. The summed E-state index contributed by atoms with van der Waals surface area (Å²) in [5.74, 6) is 0.610. The third-order valence-electron chi connectivity index (χ3n) is 3.52. The van der Waals surface area contributed by atoms with E-state index in [0.29, 0.717) is 5.75 Å². The molecule has 1 unspecified atom stereocenters. The molecule has 21 heavy (non-hydrogen) atoms. The first-order valence-corrected chi connectivity index (χ1v) is 7.29. The maximum Gasteiger partial charge on any atom is 0.166 e. The van der Waals surface area contributed by atoms with Gasteiger partial charge in [-0.25, -0.2) is 4.39 Å². The Morgan fingerprint density at radius 1 is 1.10 bits per heavy atom. The molecular formula is C18H22FNO. The lowest BCUT2D eigenvalue weighted by atomic mass is 10.1. The smallest absolute Gasteiger partial charge is 0.166 e. The molecule has 0 saturated carbocycles. The van der Waals surface area contributed by atoms with E-state index in [1.54, 1.807) is 6.07 Å². The molecule has 112 valence electrons. The Morgan fingerprint density at radius 2 is 1.81 bits per heavy atom. The van der Waals surface area contributed by atoms with Crippen LogP contribution in [0.3, 0.4) is 0 Å². The molecule has 0 aliphatic heterocycles. The van der Waals surface area contributed by atoms with Crippen LogP contribution in [0.5, 0.6) is 11.5 Å². The average molecular weight is 287 g/mol. The quantitative estimate of drug-likeness (QED) is 0.844. The molecule has 0 saturated heterocycles. The van der Waals surface area contributed by atoms with Crippen molar-refractivity contribution in [2.75, 3.05) is 6.54 Å². The standard InChI is InChI=1S/C18H22FNO/c1-5-20-14(4)15-7-9-18(16(19)11-15)21-17-8-6-12(2)10-13(17)3/h6-11,14,20H,5H2,1-4H3. The molecule has 0 spiro atoms. The molecule has 0 amide bonds. The number of ether oxygens (including phenoxy) is 1. The monoisotopic (exact) mass is 287 g/mol. The SMILES string of the molecule is CCNC(C)c1ccc(Oc2ccc(C)cc2C)c(F)c1. The van der Waals surface area contributed by atoms with Crippen LogP contribution >= 0.6 is 0 Å². The molecule has 0 aromatic heterocycles. The second-order valence-electron chi connectivity index (χ2n) is 5.34. The van der Waals surface area contributed by atoms with E-state index in [4.69, 9.17) is 4.74 Å². The van der Waals surface area contributed by atoms with Gasteiger partial charge >= 0.3 is 0 Å². The number of rotatable bonds is 5. The predicted octanol–water partition coefficient (Wildman–Crippen LogP) is 4.91. The lowest BCUT2D eigenvalue weighted by Gasteiger charge is -2.15. The van der Waals surface area contributed by atoms with Crippen molar-refractivity contribution in [1.82, 2.24) is 5.32 Å². The van der Waals surface area contributed by atoms with E-state index >= 15 is 0 Å². The van der Waals surface area contributed by atoms with Crippen molar-refractivity contribution in [3.63, 3.8) is 0 Å². The minimum Gasteiger partial charge on any atom is -0.454 e. The van der Waals surface area contributed by atoms with Gasteiger partial charge in [0.25, 0.3) is 0 Å². The summed E-state index contributed by atoms with van der Waals surface area (Å²) in [6.45, 7) is 8.88. The fraction of sp³-hybridized carbons (Fsp3) is 0.333. The van der Waals surface area contributed by atoms with Crippen molar-refractivity contribution in [3.05, 3.63) is 58.9 Å². The molecule has 3 heteroatoms. The van der Waals surface area contributed by atoms with Gasteiger partial charge in [-0.05, 0) is 56.6 Å². The van der Waals surface area contributed by atoms with Crippen molar-refractivity contribution in [1.29, 1.82) is 0 Å². The van der Waals surface area contributed by atoms with E-state index in [-0.39, 0.29) is 17.6 Å². The zero-order chi connectivity index (χ0) is 15.4. The van der Waals surface area contributed by atoms with Crippen LogP contribution in [0.15, 0.2) is 36.4 Å². The van der Waals surface area contributed by atoms with Gasteiger partial charge in [0.05, 0.1) is 0 Å².